The van der Waals surface area contributed by atoms with Gasteiger partial charge in [0.1, 0.15) is 0 Å². The minimum atomic E-state index is 0.993. The number of hydrogen-bond donors (Lipinski definition) is 0. The Labute approximate surface area is 95.8 Å². The third kappa shape index (κ3) is 2.98. The first kappa shape index (κ1) is 11.5. The van der Waals surface area contributed by atoms with Gasteiger partial charge in [-0.3, -0.25) is 0 Å². The molecular weight excluding hydrogens is 180 g/mol. The van der Waals surface area contributed by atoms with Crippen LogP contribution in [0.15, 0.2) is 0 Å². The van der Waals surface area contributed by atoms with Crippen molar-refractivity contribution in [2.24, 2.45) is 23.7 Å². The molecular formula is C15H28. The van der Waals surface area contributed by atoms with E-state index in [9.17, 15) is 0 Å². The summed E-state index contributed by atoms with van der Waals surface area (Å²) in [6.07, 6.45) is 13.7. The molecule has 2 saturated carbocycles. The molecule has 2 aliphatic rings. The summed E-state index contributed by atoms with van der Waals surface area (Å²) in [5.74, 6) is 4.18. The monoisotopic (exact) mass is 208 g/mol. The zero-order valence-corrected chi connectivity index (χ0v) is 10.7. The summed E-state index contributed by atoms with van der Waals surface area (Å²) < 4.78 is 0. The fourth-order valence-corrected chi connectivity index (χ4v) is 3.80. The predicted octanol–water partition coefficient (Wildman–Crippen LogP) is 5.03. The summed E-state index contributed by atoms with van der Waals surface area (Å²) in [6, 6.07) is 0. The molecule has 2 rings (SSSR count). The molecule has 0 amide bonds. The van der Waals surface area contributed by atoms with Crippen LogP contribution in [0.1, 0.15) is 71.6 Å². The first-order valence-corrected chi connectivity index (χ1v) is 7.27. The topological polar surface area (TPSA) is 0 Å². The maximum absolute atomic E-state index is 2.48. The summed E-state index contributed by atoms with van der Waals surface area (Å²) in [6.45, 7) is 4.93. The van der Waals surface area contributed by atoms with Crippen LogP contribution in [0.3, 0.4) is 0 Å². The minimum absolute atomic E-state index is 0.993. The third-order valence-electron chi connectivity index (χ3n) is 5.21. The van der Waals surface area contributed by atoms with E-state index in [-0.39, 0.29) is 0 Å². The molecule has 0 saturated heterocycles. The van der Waals surface area contributed by atoms with Crippen molar-refractivity contribution in [2.45, 2.75) is 71.6 Å². The van der Waals surface area contributed by atoms with Crippen molar-refractivity contribution < 1.29 is 0 Å². The molecule has 0 aromatic rings. The second-order valence-electron chi connectivity index (χ2n) is 6.28. The van der Waals surface area contributed by atoms with E-state index in [1.165, 1.54) is 44.9 Å². The van der Waals surface area contributed by atoms with Crippen LogP contribution in [0.5, 0.6) is 0 Å². The smallest absolute Gasteiger partial charge is 0.0383 e. The molecule has 88 valence electrons. The lowest BCUT2D eigenvalue weighted by Gasteiger charge is -2.36. The van der Waals surface area contributed by atoms with Crippen LogP contribution in [-0.4, -0.2) is 0 Å². The van der Waals surface area contributed by atoms with Gasteiger partial charge in [-0.2, -0.15) is 0 Å². The molecule has 0 radical (unpaired) electrons. The Hall–Kier alpha value is 0. The minimum Gasteiger partial charge on any atom is -0.0623 e. The lowest BCUT2D eigenvalue weighted by Crippen LogP contribution is -2.26. The SMILES string of the molecule is CC1CCC(C2CCCCCC2)CC1C. The van der Waals surface area contributed by atoms with Crippen LogP contribution in [-0.2, 0) is 0 Å². The normalized spacial score (nSPS) is 40.0. The standard InChI is InChI=1S/C15H28/c1-12-9-10-15(11-13(12)2)14-7-5-3-4-6-8-14/h12-15H,3-11H2,1-2H3. The Balaban J connectivity index is 1.86. The van der Waals surface area contributed by atoms with Gasteiger partial charge in [-0.1, -0.05) is 58.8 Å². The van der Waals surface area contributed by atoms with Gasteiger partial charge in [0.25, 0.3) is 0 Å². The first-order chi connectivity index (χ1) is 7.27. The van der Waals surface area contributed by atoms with Gasteiger partial charge in [-0.05, 0) is 36.5 Å². The summed E-state index contributed by atoms with van der Waals surface area (Å²) in [7, 11) is 0. The third-order valence-corrected chi connectivity index (χ3v) is 5.21. The van der Waals surface area contributed by atoms with Gasteiger partial charge in [0.2, 0.25) is 0 Å². The molecule has 0 aromatic carbocycles. The van der Waals surface area contributed by atoms with E-state index in [1.54, 1.807) is 12.8 Å². The van der Waals surface area contributed by atoms with Gasteiger partial charge in [0.05, 0.1) is 0 Å². The zero-order chi connectivity index (χ0) is 10.7. The molecule has 15 heavy (non-hydrogen) atoms. The molecule has 3 unspecified atom stereocenters. The van der Waals surface area contributed by atoms with E-state index in [0.717, 1.165) is 23.7 Å². The molecule has 0 aliphatic heterocycles. The Bertz CT molecular complexity index is 176. The summed E-state index contributed by atoms with van der Waals surface area (Å²) in [5, 5.41) is 0. The molecule has 2 aliphatic carbocycles. The maximum Gasteiger partial charge on any atom is -0.0383 e. The van der Waals surface area contributed by atoms with Gasteiger partial charge in [-0.25, -0.2) is 0 Å². The molecule has 0 bridgehead atoms. The van der Waals surface area contributed by atoms with Crippen LogP contribution in [0.25, 0.3) is 0 Å². The summed E-state index contributed by atoms with van der Waals surface area (Å²) in [4.78, 5) is 0. The molecule has 0 spiro atoms. The van der Waals surface area contributed by atoms with Crippen molar-refractivity contribution in [3.63, 3.8) is 0 Å². The maximum atomic E-state index is 2.48. The average Bonchev–Trinajstić information content (AvgIpc) is 2.50. The fourth-order valence-electron chi connectivity index (χ4n) is 3.80. The van der Waals surface area contributed by atoms with Gasteiger partial charge in [-0.15, -0.1) is 0 Å². The van der Waals surface area contributed by atoms with E-state index >= 15 is 0 Å². The fraction of sp³-hybridized carbons (Fsp3) is 1.00. The second kappa shape index (κ2) is 5.37. The van der Waals surface area contributed by atoms with Crippen LogP contribution in [0.2, 0.25) is 0 Å². The Morgan fingerprint density at radius 2 is 1.27 bits per heavy atom. The van der Waals surface area contributed by atoms with Crippen molar-refractivity contribution in [3.05, 3.63) is 0 Å². The van der Waals surface area contributed by atoms with Crippen LogP contribution >= 0.6 is 0 Å². The Morgan fingerprint density at radius 1 is 0.600 bits per heavy atom. The van der Waals surface area contributed by atoms with E-state index in [4.69, 9.17) is 0 Å². The van der Waals surface area contributed by atoms with E-state index in [1.807, 2.05) is 0 Å². The molecule has 0 heteroatoms. The quantitative estimate of drug-likeness (QED) is 0.530. The van der Waals surface area contributed by atoms with Crippen molar-refractivity contribution in [2.75, 3.05) is 0 Å². The van der Waals surface area contributed by atoms with Gasteiger partial charge in [0, 0.05) is 0 Å². The lowest BCUT2D eigenvalue weighted by molar-refractivity contribution is 0.146. The van der Waals surface area contributed by atoms with Crippen LogP contribution < -0.4 is 0 Å². The Morgan fingerprint density at radius 3 is 1.87 bits per heavy atom. The van der Waals surface area contributed by atoms with E-state index in [2.05, 4.69) is 13.8 Å². The Kier molecular flexibility index (Phi) is 4.11. The highest BCUT2D eigenvalue weighted by Crippen LogP contribution is 2.41. The molecule has 3 atom stereocenters. The highest BCUT2D eigenvalue weighted by atomic mass is 14.4. The average molecular weight is 208 g/mol. The van der Waals surface area contributed by atoms with Gasteiger partial charge >= 0.3 is 0 Å². The van der Waals surface area contributed by atoms with Crippen molar-refractivity contribution >= 4 is 0 Å². The zero-order valence-electron chi connectivity index (χ0n) is 10.7. The van der Waals surface area contributed by atoms with Crippen molar-refractivity contribution in [1.29, 1.82) is 0 Å². The van der Waals surface area contributed by atoms with Crippen molar-refractivity contribution in [3.8, 4) is 0 Å². The lowest BCUT2D eigenvalue weighted by atomic mass is 9.69. The highest BCUT2D eigenvalue weighted by molar-refractivity contribution is 4.81. The molecule has 0 N–H and O–H groups in total. The number of hydrogen-bond acceptors (Lipinski definition) is 0. The molecule has 0 heterocycles. The van der Waals surface area contributed by atoms with E-state index < -0.39 is 0 Å². The highest BCUT2D eigenvalue weighted by Gasteiger charge is 2.30. The van der Waals surface area contributed by atoms with Crippen LogP contribution in [0.4, 0.5) is 0 Å². The molecule has 0 nitrogen and oxygen atoms in total. The van der Waals surface area contributed by atoms with E-state index in [0.29, 0.717) is 0 Å². The van der Waals surface area contributed by atoms with Crippen LogP contribution in [0, 0.1) is 23.7 Å². The number of rotatable bonds is 1. The van der Waals surface area contributed by atoms with Gasteiger partial charge < -0.3 is 0 Å². The van der Waals surface area contributed by atoms with Gasteiger partial charge in [0.15, 0.2) is 0 Å². The molecule has 2 fully saturated rings. The largest absolute Gasteiger partial charge is 0.0623 e. The predicted molar refractivity (Wildman–Crippen MR) is 66.9 cm³/mol. The first-order valence-electron chi connectivity index (χ1n) is 7.27. The van der Waals surface area contributed by atoms with Crippen molar-refractivity contribution in [1.82, 2.24) is 0 Å². The second-order valence-corrected chi connectivity index (χ2v) is 6.28. The summed E-state index contributed by atoms with van der Waals surface area (Å²) in [5.41, 5.74) is 0. The summed E-state index contributed by atoms with van der Waals surface area (Å²) >= 11 is 0. The molecule has 0 aromatic heterocycles.